The number of amides is 2. The number of methoxy groups -OCH3 is 1. The molecule has 0 atom stereocenters. The third kappa shape index (κ3) is 5.25. The predicted molar refractivity (Wildman–Crippen MR) is 107 cm³/mol. The highest BCUT2D eigenvalue weighted by Gasteiger charge is 2.34. The lowest BCUT2D eigenvalue weighted by molar-refractivity contribution is -0.144. The van der Waals surface area contributed by atoms with Gasteiger partial charge in [0.1, 0.15) is 6.61 Å². The van der Waals surface area contributed by atoms with Crippen molar-refractivity contribution in [2.24, 2.45) is 0 Å². The average molecular weight is 409 g/mol. The normalized spacial score (nSPS) is 18.9. The summed E-state index contributed by atoms with van der Waals surface area (Å²) in [7, 11) is 1.55. The Kier molecular flexibility index (Phi) is 7.71. The lowest BCUT2D eigenvalue weighted by Crippen LogP contribution is -2.54. The molecule has 6 nitrogen and oxygen atoms in total. The second-order valence-electron chi connectivity index (χ2n) is 7.46. The Morgan fingerprint density at radius 1 is 1.14 bits per heavy atom. The number of benzene rings is 1. The second kappa shape index (κ2) is 10.2. The Balaban J connectivity index is 1.59. The molecule has 1 aromatic rings. The molecule has 0 saturated carbocycles. The fourth-order valence-electron chi connectivity index (χ4n) is 4.18. The molecule has 0 aliphatic carbocycles. The molecule has 0 aromatic heterocycles. The highest BCUT2D eigenvalue weighted by molar-refractivity contribution is 6.31. The fraction of sp³-hybridized carbons (Fsp3) is 0.619. The molecule has 1 aromatic carbocycles. The smallest absolute Gasteiger partial charge is 0.249 e. The van der Waals surface area contributed by atoms with Gasteiger partial charge in [-0.2, -0.15) is 0 Å². The van der Waals surface area contributed by atoms with Crippen LogP contribution < -0.4 is 0 Å². The van der Waals surface area contributed by atoms with Gasteiger partial charge in [-0.3, -0.25) is 9.59 Å². The number of piperidine rings is 1. The molecule has 2 aliphatic rings. The number of hydrogen-bond donors (Lipinski definition) is 0. The number of halogens is 1. The first-order valence-electron chi connectivity index (χ1n) is 9.99. The van der Waals surface area contributed by atoms with Crippen molar-refractivity contribution in [2.75, 3.05) is 40.0 Å². The number of hydrogen-bond acceptors (Lipinski definition) is 4. The molecular formula is C21H29ClN2O4. The van der Waals surface area contributed by atoms with E-state index in [9.17, 15) is 9.59 Å². The van der Waals surface area contributed by atoms with Crippen LogP contribution in [0.4, 0.5) is 0 Å². The zero-order valence-electron chi connectivity index (χ0n) is 16.4. The first-order chi connectivity index (χ1) is 13.6. The highest BCUT2D eigenvalue weighted by atomic mass is 35.5. The zero-order chi connectivity index (χ0) is 19.9. The largest absolute Gasteiger partial charge is 0.381 e. The molecular weight excluding hydrogens is 380 g/mol. The third-order valence-electron chi connectivity index (χ3n) is 5.65. The zero-order valence-corrected chi connectivity index (χ0v) is 17.2. The molecule has 2 amide bonds. The van der Waals surface area contributed by atoms with Gasteiger partial charge in [0.2, 0.25) is 11.8 Å². The van der Waals surface area contributed by atoms with Gasteiger partial charge in [-0.25, -0.2) is 0 Å². The van der Waals surface area contributed by atoms with Gasteiger partial charge >= 0.3 is 0 Å². The number of carbonyl (C=O) groups is 2. The van der Waals surface area contributed by atoms with Crippen LogP contribution in [0.3, 0.4) is 0 Å². The van der Waals surface area contributed by atoms with Crippen LogP contribution in [0.2, 0.25) is 5.02 Å². The molecule has 2 aliphatic heterocycles. The molecule has 2 saturated heterocycles. The summed E-state index contributed by atoms with van der Waals surface area (Å²) in [5.41, 5.74) is 0.857. The summed E-state index contributed by atoms with van der Waals surface area (Å²) in [5, 5.41) is 0.626. The number of likely N-dealkylation sites (tertiary alicyclic amines) is 1. The van der Waals surface area contributed by atoms with Gasteiger partial charge in [-0.15, -0.1) is 0 Å². The minimum absolute atomic E-state index is 0.0373. The molecule has 2 fully saturated rings. The number of rotatable bonds is 6. The van der Waals surface area contributed by atoms with Crippen molar-refractivity contribution in [3.63, 3.8) is 0 Å². The first-order valence-corrected chi connectivity index (χ1v) is 10.4. The van der Waals surface area contributed by atoms with Gasteiger partial charge in [0.15, 0.2) is 0 Å². The lowest BCUT2D eigenvalue weighted by atomic mass is 9.97. The molecule has 0 unspecified atom stereocenters. The summed E-state index contributed by atoms with van der Waals surface area (Å²) in [6, 6.07) is 7.81. The van der Waals surface area contributed by atoms with E-state index in [4.69, 9.17) is 21.1 Å². The second-order valence-corrected chi connectivity index (χ2v) is 7.86. The van der Waals surface area contributed by atoms with Crippen molar-refractivity contribution in [1.82, 2.24) is 9.80 Å². The van der Waals surface area contributed by atoms with Crippen LogP contribution in [0, 0.1) is 0 Å². The molecule has 3 rings (SSSR count). The van der Waals surface area contributed by atoms with Gasteiger partial charge in [0, 0.05) is 50.5 Å². The van der Waals surface area contributed by atoms with Crippen LogP contribution >= 0.6 is 11.6 Å². The van der Waals surface area contributed by atoms with Gasteiger partial charge < -0.3 is 19.3 Å². The summed E-state index contributed by atoms with van der Waals surface area (Å²) in [6.07, 6.45) is 3.63. The minimum Gasteiger partial charge on any atom is -0.381 e. The van der Waals surface area contributed by atoms with Crippen molar-refractivity contribution in [1.29, 1.82) is 0 Å². The van der Waals surface area contributed by atoms with Crippen LogP contribution in [0.5, 0.6) is 0 Å². The summed E-state index contributed by atoms with van der Waals surface area (Å²) >= 11 is 6.19. The predicted octanol–water partition coefficient (Wildman–Crippen LogP) is 2.53. The van der Waals surface area contributed by atoms with E-state index in [0.717, 1.165) is 31.2 Å². The SMILES string of the molecule is COCC(=O)N(C1CCOCC1)C1CCN(C(=O)Cc2ccccc2Cl)CC1. The van der Waals surface area contributed by atoms with Crippen molar-refractivity contribution in [3.05, 3.63) is 34.9 Å². The minimum atomic E-state index is 0.0373. The first kappa shape index (κ1) is 21.1. The summed E-state index contributed by atoms with van der Waals surface area (Å²) < 4.78 is 10.6. The molecule has 0 spiro atoms. The fourth-order valence-corrected chi connectivity index (χ4v) is 4.38. The van der Waals surface area contributed by atoms with Crippen LogP contribution in [0.25, 0.3) is 0 Å². The number of ether oxygens (including phenoxy) is 2. The van der Waals surface area contributed by atoms with E-state index < -0.39 is 0 Å². The highest BCUT2D eigenvalue weighted by Crippen LogP contribution is 2.25. The average Bonchev–Trinajstić information content (AvgIpc) is 2.71. The maximum atomic E-state index is 12.7. The molecule has 28 heavy (non-hydrogen) atoms. The van der Waals surface area contributed by atoms with E-state index in [0.29, 0.717) is 37.7 Å². The Bertz CT molecular complexity index is 670. The van der Waals surface area contributed by atoms with Gasteiger partial charge in [-0.05, 0) is 37.3 Å². The Labute approximate surface area is 171 Å². The van der Waals surface area contributed by atoms with Gasteiger partial charge in [0.05, 0.1) is 6.42 Å². The molecule has 2 heterocycles. The summed E-state index contributed by atoms with van der Waals surface area (Å²) in [6.45, 7) is 2.80. The molecule has 0 bridgehead atoms. The summed E-state index contributed by atoms with van der Waals surface area (Å²) in [5.74, 6) is 0.127. The van der Waals surface area contributed by atoms with E-state index in [1.807, 2.05) is 34.1 Å². The van der Waals surface area contributed by atoms with E-state index in [1.165, 1.54) is 0 Å². The van der Waals surface area contributed by atoms with Gasteiger partial charge in [-0.1, -0.05) is 29.8 Å². The van der Waals surface area contributed by atoms with Gasteiger partial charge in [0.25, 0.3) is 0 Å². The Morgan fingerprint density at radius 3 is 2.43 bits per heavy atom. The van der Waals surface area contributed by atoms with Crippen LogP contribution in [0.1, 0.15) is 31.2 Å². The number of carbonyl (C=O) groups excluding carboxylic acids is 2. The van der Waals surface area contributed by atoms with E-state index in [1.54, 1.807) is 7.11 Å². The standard InChI is InChI=1S/C21H29ClN2O4/c1-27-15-21(26)24(18-8-12-28-13-9-18)17-6-10-23(11-7-17)20(25)14-16-4-2-3-5-19(16)22/h2-5,17-18H,6-15H2,1H3. The maximum absolute atomic E-state index is 12.7. The Hall–Kier alpha value is -1.63. The molecule has 154 valence electrons. The molecule has 0 N–H and O–H groups in total. The van der Waals surface area contributed by atoms with Crippen LogP contribution in [-0.2, 0) is 25.5 Å². The van der Waals surface area contributed by atoms with Crippen molar-refractivity contribution < 1.29 is 19.1 Å². The molecule has 7 heteroatoms. The third-order valence-corrected chi connectivity index (χ3v) is 6.02. The lowest BCUT2D eigenvalue weighted by Gasteiger charge is -2.43. The van der Waals surface area contributed by atoms with Crippen molar-refractivity contribution >= 4 is 23.4 Å². The van der Waals surface area contributed by atoms with Crippen LogP contribution in [-0.4, -0.2) is 73.7 Å². The topological polar surface area (TPSA) is 59.1 Å². The van der Waals surface area contributed by atoms with Crippen molar-refractivity contribution in [3.8, 4) is 0 Å². The quantitative estimate of drug-likeness (QED) is 0.725. The number of nitrogens with zero attached hydrogens (tertiary/aromatic N) is 2. The monoisotopic (exact) mass is 408 g/mol. The van der Waals surface area contributed by atoms with E-state index >= 15 is 0 Å². The Morgan fingerprint density at radius 2 is 1.79 bits per heavy atom. The van der Waals surface area contributed by atoms with E-state index in [2.05, 4.69) is 0 Å². The maximum Gasteiger partial charge on any atom is 0.249 e. The molecule has 0 radical (unpaired) electrons. The van der Waals surface area contributed by atoms with E-state index in [-0.39, 0.29) is 30.5 Å². The summed E-state index contributed by atoms with van der Waals surface area (Å²) in [4.78, 5) is 29.3. The van der Waals surface area contributed by atoms with Crippen LogP contribution in [0.15, 0.2) is 24.3 Å². The van der Waals surface area contributed by atoms with Crippen molar-refractivity contribution in [2.45, 2.75) is 44.2 Å².